The highest BCUT2D eigenvalue weighted by atomic mass is 19.1. The summed E-state index contributed by atoms with van der Waals surface area (Å²) in [6.07, 6.45) is 0. The van der Waals surface area contributed by atoms with E-state index < -0.39 is 0 Å². The van der Waals surface area contributed by atoms with Crippen LogP contribution in [0.4, 0.5) is 4.39 Å². The van der Waals surface area contributed by atoms with Crippen LogP contribution in [0.5, 0.6) is 5.75 Å². The Balaban J connectivity index is 3.25. The quantitative estimate of drug-likeness (QED) is 0.737. The number of aliphatic hydroxyl groups is 1. The zero-order valence-corrected chi connectivity index (χ0v) is 7.71. The van der Waals surface area contributed by atoms with Crippen molar-refractivity contribution in [2.45, 2.75) is 19.8 Å². The van der Waals surface area contributed by atoms with E-state index in [4.69, 9.17) is 5.11 Å². The maximum absolute atomic E-state index is 13.1. The van der Waals surface area contributed by atoms with Crippen LogP contribution in [0, 0.1) is 12.7 Å². The number of aliphatic hydroxyl groups excluding tert-OH is 1. The fourth-order valence-electron chi connectivity index (χ4n) is 1.40. The van der Waals surface area contributed by atoms with Crippen LogP contribution in [-0.2, 0) is 0 Å². The summed E-state index contributed by atoms with van der Waals surface area (Å²) >= 11 is 0. The molecule has 1 aromatic rings. The van der Waals surface area contributed by atoms with Gasteiger partial charge in [-0.3, -0.25) is 0 Å². The second-order valence-electron chi connectivity index (χ2n) is 3.19. The van der Waals surface area contributed by atoms with Gasteiger partial charge in [-0.25, -0.2) is 4.39 Å². The van der Waals surface area contributed by atoms with Crippen molar-refractivity contribution < 1.29 is 14.6 Å². The summed E-state index contributed by atoms with van der Waals surface area (Å²) in [4.78, 5) is 0. The number of phenolic OH excluding ortho intramolecular Hbond substituents is 1. The van der Waals surface area contributed by atoms with E-state index in [2.05, 4.69) is 0 Å². The van der Waals surface area contributed by atoms with Crippen molar-refractivity contribution in [3.05, 3.63) is 29.1 Å². The number of hydrogen-bond donors (Lipinski definition) is 2. The van der Waals surface area contributed by atoms with E-state index in [9.17, 15) is 9.50 Å². The van der Waals surface area contributed by atoms with Gasteiger partial charge in [0.05, 0.1) is 0 Å². The molecule has 72 valence electrons. The maximum Gasteiger partial charge on any atom is 0.126 e. The standard InChI is InChI=1S/C10H13FO2/c1-6(5-12)10-7(2)8(11)3-4-9(10)13/h3-4,6,12-13H,5H2,1-2H3. The first-order valence-corrected chi connectivity index (χ1v) is 4.16. The molecule has 1 rings (SSSR count). The minimum absolute atomic E-state index is 0.0421. The Bertz CT molecular complexity index is 310. The summed E-state index contributed by atoms with van der Waals surface area (Å²) < 4.78 is 13.1. The summed E-state index contributed by atoms with van der Waals surface area (Å²) in [6.45, 7) is 3.23. The Morgan fingerprint density at radius 1 is 1.46 bits per heavy atom. The van der Waals surface area contributed by atoms with Gasteiger partial charge >= 0.3 is 0 Å². The van der Waals surface area contributed by atoms with Gasteiger partial charge in [-0.1, -0.05) is 6.92 Å². The minimum atomic E-state index is -0.354. The summed E-state index contributed by atoms with van der Waals surface area (Å²) in [5.74, 6) is -0.552. The van der Waals surface area contributed by atoms with Crippen LogP contribution < -0.4 is 0 Å². The molecule has 0 radical (unpaired) electrons. The summed E-state index contributed by atoms with van der Waals surface area (Å²) in [7, 11) is 0. The van der Waals surface area contributed by atoms with E-state index in [0.29, 0.717) is 11.1 Å². The van der Waals surface area contributed by atoms with Gasteiger partial charge in [0, 0.05) is 18.1 Å². The molecule has 0 aliphatic carbocycles. The average molecular weight is 184 g/mol. The van der Waals surface area contributed by atoms with Gasteiger partial charge < -0.3 is 10.2 Å². The highest BCUT2D eigenvalue weighted by Gasteiger charge is 2.14. The van der Waals surface area contributed by atoms with Crippen LogP contribution in [0.2, 0.25) is 0 Å². The molecule has 0 spiro atoms. The Kier molecular flexibility index (Phi) is 2.88. The van der Waals surface area contributed by atoms with Gasteiger partial charge in [0.25, 0.3) is 0 Å². The van der Waals surface area contributed by atoms with E-state index in [1.54, 1.807) is 13.8 Å². The first-order valence-electron chi connectivity index (χ1n) is 4.16. The van der Waals surface area contributed by atoms with E-state index in [1.807, 2.05) is 0 Å². The maximum atomic E-state index is 13.1. The molecule has 2 N–H and O–H groups in total. The van der Waals surface area contributed by atoms with Gasteiger partial charge in [0.15, 0.2) is 0 Å². The van der Waals surface area contributed by atoms with Crippen LogP contribution >= 0.6 is 0 Å². The summed E-state index contributed by atoms with van der Waals surface area (Å²) in [5.41, 5.74) is 0.893. The third kappa shape index (κ3) is 1.80. The lowest BCUT2D eigenvalue weighted by Crippen LogP contribution is -2.03. The fraction of sp³-hybridized carbons (Fsp3) is 0.400. The van der Waals surface area contributed by atoms with Crippen molar-refractivity contribution in [3.63, 3.8) is 0 Å². The molecule has 0 heterocycles. The molecule has 13 heavy (non-hydrogen) atoms. The van der Waals surface area contributed by atoms with Crippen LogP contribution in [0.25, 0.3) is 0 Å². The van der Waals surface area contributed by atoms with Crippen molar-refractivity contribution in [1.29, 1.82) is 0 Å². The molecule has 1 aromatic carbocycles. The highest BCUT2D eigenvalue weighted by Crippen LogP contribution is 2.29. The summed E-state index contributed by atoms with van der Waals surface area (Å²) in [5, 5.41) is 18.3. The largest absolute Gasteiger partial charge is 0.508 e. The topological polar surface area (TPSA) is 40.5 Å². The number of phenols is 1. The first-order chi connectivity index (χ1) is 6.07. The minimum Gasteiger partial charge on any atom is -0.508 e. The van der Waals surface area contributed by atoms with Gasteiger partial charge in [0.2, 0.25) is 0 Å². The first kappa shape index (κ1) is 9.99. The van der Waals surface area contributed by atoms with Crippen molar-refractivity contribution in [3.8, 4) is 5.75 Å². The molecule has 0 aliphatic heterocycles. The molecule has 0 saturated carbocycles. The lowest BCUT2D eigenvalue weighted by molar-refractivity contribution is 0.269. The molecular formula is C10H13FO2. The van der Waals surface area contributed by atoms with Crippen LogP contribution in [0.15, 0.2) is 12.1 Å². The van der Waals surface area contributed by atoms with Crippen molar-refractivity contribution in [2.75, 3.05) is 6.61 Å². The molecule has 1 atom stereocenters. The number of hydrogen-bond acceptors (Lipinski definition) is 2. The second-order valence-corrected chi connectivity index (χ2v) is 3.19. The van der Waals surface area contributed by atoms with Gasteiger partial charge in [-0.05, 0) is 24.6 Å². The van der Waals surface area contributed by atoms with Gasteiger partial charge in [-0.2, -0.15) is 0 Å². The molecule has 1 unspecified atom stereocenters. The smallest absolute Gasteiger partial charge is 0.126 e. The Morgan fingerprint density at radius 3 is 2.62 bits per heavy atom. The summed E-state index contributed by atoms with van der Waals surface area (Å²) in [6, 6.07) is 2.53. The predicted molar refractivity (Wildman–Crippen MR) is 48.3 cm³/mol. The van der Waals surface area contributed by atoms with Gasteiger partial charge in [0.1, 0.15) is 11.6 Å². The SMILES string of the molecule is Cc1c(F)ccc(O)c1C(C)CO. The normalized spacial score (nSPS) is 12.9. The second kappa shape index (κ2) is 3.75. The van der Waals surface area contributed by atoms with E-state index in [-0.39, 0.29) is 24.1 Å². The van der Waals surface area contributed by atoms with E-state index in [1.165, 1.54) is 12.1 Å². The van der Waals surface area contributed by atoms with Crippen LogP contribution in [-0.4, -0.2) is 16.8 Å². The Hall–Kier alpha value is -1.09. The monoisotopic (exact) mass is 184 g/mol. The van der Waals surface area contributed by atoms with E-state index in [0.717, 1.165) is 0 Å². The number of benzene rings is 1. The molecule has 3 heteroatoms. The average Bonchev–Trinajstić information content (AvgIpc) is 2.12. The Labute approximate surface area is 76.6 Å². The van der Waals surface area contributed by atoms with Crippen molar-refractivity contribution in [1.82, 2.24) is 0 Å². The fourth-order valence-corrected chi connectivity index (χ4v) is 1.40. The highest BCUT2D eigenvalue weighted by molar-refractivity contribution is 5.41. The zero-order valence-electron chi connectivity index (χ0n) is 7.71. The number of rotatable bonds is 2. The lowest BCUT2D eigenvalue weighted by atomic mass is 9.96. The number of halogens is 1. The Morgan fingerprint density at radius 2 is 2.08 bits per heavy atom. The van der Waals surface area contributed by atoms with Crippen molar-refractivity contribution >= 4 is 0 Å². The predicted octanol–water partition coefficient (Wildman–Crippen LogP) is 1.94. The molecule has 0 fully saturated rings. The van der Waals surface area contributed by atoms with E-state index >= 15 is 0 Å². The van der Waals surface area contributed by atoms with Gasteiger partial charge in [-0.15, -0.1) is 0 Å². The van der Waals surface area contributed by atoms with Crippen LogP contribution in [0.3, 0.4) is 0 Å². The third-order valence-corrected chi connectivity index (χ3v) is 2.19. The lowest BCUT2D eigenvalue weighted by Gasteiger charge is -2.14. The molecule has 0 aromatic heterocycles. The van der Waals surface area contributed by atoms with Crippen molar-refractivity contribution in [2.24, 2.45) is 0 Å². The third-order valence-electron chi connectivity index (χ3n) is 2.19. The molecule has 0 amide bonds. The molecule has 0 saturated heterocycles. The zero-order chi connectivity index (χ0) is 10.0. The molecule has 0 aliphatic rings. The molecular weight excluding hydrogens is 171 g/mol. The molecule has 2 nitrogen and oxygen atoms in total. The molecule has 0 bridgehead atoms. The number of aromatic hydroxyl groups is 1. The van der Waals surface area contributed by atoms with Crippen LogP contribution in [0.1, 0.15) is 24.0 Å².